The van der Waals surface area contributed by atoms with Crippen LogP contribution in [0.1, 0.15) is 25.3 Å². The fourth-order valence-electron chi connectivity index (χ4n) is 3.71. The first-order chi connectivity index (χ1) is 22.7. The van der Waals surface area contributed by atoms with E-state index in [1.807, 2.05) is 80.7 Å². The molecule has 1 amide bonds. The summed E-state index contributed by atoms with van der Waals surface area (Å²) >= 11 is 10.1. The molecule has 0 radical (unpaired) electrons. The molecule has 0 aliphatic carbocycles. The van der Waals surface area contributed by atoms with Gasteiger partial charge in [-0.15, -0.1) is 0 Å². The number of nitrogens with zero attached hydrogens (tertiary/aromatic N) is 2. The molecular weight excluding hydrogens is 853 g/mol. The molecule has 264 valence electrons. The van der Waals surface area contributed by atoms with Crippen molar-refractivity contribution in [3.8, 4) is 0 Å². The van der Waals surface area contributed by atoms with E-state index < -0.39 is 7.82 Å². The van der Waals surface area contributed by atoms with Gasteiger partial charge in [0.25, 0.3) is 5.56 Å². The molecule has 0 bridgehead atoms. The number of benzene rings is 3. The summed E-state index contributed by atoms with van der Waals surface area (Å²) in [6, 6.07) is 23.1. The number of phosphoric acid groups is 1. The quantitative estimate of drug-likeness (QED) is 0.0948. The van der Waals surface area contributed by atoms with Crippen LogP contribution in [0.3, 0.4) is 0 Å². The minimum Gasteiger partial charge on any atom is -0.431 e. The van der Waals surface area contributed by atoms with Gasteiger partial charge >= 0.3 is 13.8 Å². The van der Waals surface area contributed by atoms with Gasteiger partial charge in [0.1, 0.15) is 18.0 Å². The van der Waals surface area contributed by atoms with Crippen LogP contribution in [-0.2, 0) is 30.7 Å². The highest BCUT2D eigenvalue weighted by Gasteiger charge is 2.18. The van der Waals surface area contributed by atoms with E-state index in [0.717, 1.165) is 41.3 Å². The van der Waals surface area contributed by atoms with Crippen LogP contribution in [0.4, 0.5) is 11.4 Å². The Balaban J connectivity index is 0.000000325. The molecule has 0 saturated carbocycles. The molecule has 0 atom stereocenters. The lowest BCUT2D eigenvalue weighted by molar-refractivity contribution is -0.148. The van der Waals surface area contributed by atoms with E-state index in [-0.39, 0.29) is 29.6 Å². The Morgan fingerprint density at radius 2 is 1.49 bits per heavy atom. The molecule has 4 aromatic rings. The summed E-state index contributed by atoms with van der Waals surface area (Å²) in [6.45, 7) is 6.73. The van der Waals surface area contributed by atoms with Crippen molar-refractivity contribution in [3.05, 3.63) is 114 Å². The fraction of sp³-hybridized carbons (Fsp3) is 0.212. The van der Waals surface area contributed by atoms with Crippen LogP contribution >= 0.6 is 55.6 Å². The summed E-state index contributed by atoms with van der Waals surface area (Å²) in [5, 5.41) is 4.16. The van der Waals surface area contributed by atoms with E-state index in [1.54, 1.807) is 24.7 Å². The van der Waals surface area contributed by atoms with E-state index in [4.69, 9.17) is 19.2 Å². The number of Topliss-reactive ketones (excluding diaryl/α,β-unsaturated/α-hetero) is 1. The third-order valence-corrected chi connectivity index (χ3v) is 7.58. The van der Waals surface area contributed by atoms with Crippen molar-refractivity contribution in [2.75, 3.05) is 24.3 Å². The first-order valence-electron chi connectivity index (χ1n) is 14.1. The molecular formula is C33H37Br3N3O9P. The standard InChI is InChI=1S/C11H12BrNO2.C11H10BrNO.C7H8BrN.C4H4O2.H3O4P/c1-8(14)6-11(15)13(2)10-5-3-4-9(12)7-10;1-7-5-11(14)13(2)10-6-8(12)3-4-9(7)10;1-9-7-4-2-3-6(8)5-7;1-3-2-4(5)6-3;1-5(2,3)4/h3-5,7H,6H2,1-2H3;3-6H,1-2H3;2-5,9H,1H3;1-2H2;(H3,1,2,3,4). The number of ether oxygens (including phenoxy) is 1. The van der Waals surface area contributed by atoms with E-state index in [1.165, 1.54) is 11.8 Å². The van der Waals surface area contributed by atoms with E-state index in [9.17, 15) is 19.2 Å². The molecule has 0 unspecified atom stereocenters. The van der Waals surface area contributed by atoms with Crippen LogP contribution in [0.25, 0.3) is 10.9 Å². The van der Waals surface area contributed by atoms with Crippen LogP contribution in [0.2, 0.25) is 0 Å². The number of rotatable bonds is 4. The largest absolute Gasteiger partial charge is 0.466 e. The maximum absolute atomic E-state index is 11.6. The van der Waals surface area contributed by atoms with E-state index in [2.05, 4.69) is 64.4 Å². The highest BCUT2D eigenvalue weighted by molar-refractivity contribution is 9.11. The number of hydrogen-bond acceptors (Lipinski definition) is 7. The number of aromatic nitrogens is 1. The second-order valence-electron chi connectivity index (χ2n) is 10.2. The van der Waals surface area contributed by atoms with Gasteiger partial charge in [-0.05, 0) is 67.9 Å². The Bertz CT molecular complexity index is 1860. The van der Waals surface area contributed by atoms with Gasteiger partial charge in [0, 0.05) is 57.4 Å². The zero-order valence-electron chi connectivity index (χ0n) is 27.3. The Kier molecular flexibility index (Phi) is 18.6. The summed E-state index contributed by atoms with van der Waals surface area (Å²) in [5.41, 5.74) is 3.92. The lowest BCUT2D eigenvalue weighted by Gasteiger charge is -2.16. The SMILES string of the molecule is C=C1CC(=O)O1.CC(=O)CC(=O)N(C)c1cccc(Br)c1.CNc1cccc(Br)c1.Cc1cc(=O)n(C)c2cc(Br)ccc12.O=P(O)(O)O. The third kappa shape index (κ3) is 17.7. The van der Waals surface area contributed by atoms with Crippen LogP contribution in [-0.4, -0.2) is 51.0 Å². The van der Waals surface area contributed by atoms with Gasteiger partial charge in [-0.2, -0.15) is 0 Å². The second kappa shape index (κ2) is 20.9. The van der Waals surface area contributed by atoms with Crippen molar-refractivity contribution in [2.45, 2.75) is 26.7 Å². The molecule has 4 N–H and O–H groups in total. The molecule has 49 heavy (non-hydrogen) atoms. The molecule has 1 aliphatic rings. The molecule has 2 heterocycles. The molecule has 1 aromatic heterocycles. The number of ketones is 1. The Morgan fingerprint density at radius 1 is 0.959 bits per heavy atom. The number of pyridine rings is 1. The normalized spacial score (nSPS) is 11.3. The average Bonchev–Trinajstić information content (AvgIpc) is 2.99. The van der Waals surface area contributed by atoms with Crippen LogP contribution in [0, 0.1) is 6.92 Å². The van der Waals surface area contributed by atoms with Crippen molar-refractivity contribution >= 4 is 95.5 Å². The Labute approximate surface area is 309 Å². The smallest absolute Gasteiger partial charge is 0.431 e. The van der Waals surface area contributed by atoms with Crippen molar-refractivity contribution in [3.63, 3.8) is 0 Å². The molecule has 3 aromatic carbocycles. The molecule has 1 saturated heterocycles. The summed E-state index contributed by atoms with van der Waals surface area (Å²) in [6.07, 6.45) is 0.364. The van der Waals surface area contributed by atoms with Gasteiger partial charge < -0.3 is 34.2 Å². The summed E-state index contributed by atoms with van der Waals surface area (Å²) in [5.74, 6) is 0.0995. The van der Waals surface area contributed by atoms with Crippen LogP contribution < -0.4 is 15.8 Å². The van der Waals surface area contributed by atoms with Gasteiger partial charge in [-0.1, -0.05) is 72.6 Å². The number of anilines is 2. The predicted octanol–water partition coefficient (Wildman–Crippen LogP) is 7.01. The topological polar surface area (TPSA) is 175 Å². The number of amides is 1. The average molecular weight is 890 g/mol. The lowest BCUT2D eigenvalue weighted by Crippen LogP contribution is -2.27. The number of hydrogen-bond donors (Lipinski definition) is 4. The molecule has 1 aliphatic heterocycles. The number of carbonyl (C=O) groups is 3. The fourth-order valence-corrected chi connectivity index (χ4v) is 4.85. The first-order valence-corrected chi connectivity index (χ1v) is 18.0. The van der Waals surface area contributed by atoms with Crippen molar-refractivity contribution in [2.24, 2.45) is 7.05 Å². The van der Waals surface area contributed by atoms with Gasteiger partial charge in [-0.25, -0.2) is 4.57 Å². The van der Waals surface area contributed by atoms with Crippen molar-refractivity contribution in [1.82, 2.24) is 4.57 Å². The van der Waals surface area contributed by atoms with E-state index in [0.29, 0.717) is 12.2 Å². The zero-order valence-corrected chi connectivity index (χ0v) is 33.0. The molecule has 16 heteroatoms. The predicted molar refractivity (Wildman–Crippen MR) is 202 cm³/mol. The number of carbonyl (C=O) groups excluding carboxylic acids is 3. The van der Waals surface area contributed by atoms with Gasteiger partial charge in [0.2, 0.25) is 5.91 Å². The number of esters is 1. The molecule has 12 nitrogen and oxygen atoms in total. The number of nitrogens with one attached hydrogen (secondary N) is 1. The highest BCUT2D eigenvalue weighted by atomic mass is 79.9. The van der Waals surface area contributed by atoms with Crippen LogP contribution in [0.5, 0.6) is 0 Å². The minimum atomic E-state index is -4.64. The minimum absolute atomic E-state index is 0.0353. The van der Waals surface area contributed by atoms with Crippen molar-refractivity contribution in [1.29, 1.82) is 0 Å². The van der Waals surface area contributed by atoms with Crippen molar-refractivity contribution < 1.29 is 38.4 Å². The zero-order chi connectivity index (χ0) is 37.5. The monoisotopic (exact) mass is 887 g/mol. The molecule has 5 rings (SSSR count). The number of cyclic esters (lactones) is 1. The number of halogens is 3. The second-order valence-corrected chi connectivity index (χ2v) is 13.9. The summed E-state index contributed by atoms with van der Waals surface area (Å²) in [4.78, 5) is 66.7. The van der Waals surface area contributed by atoms with E-state index >= 15 is 0 Å². The maximum atomic E-state index is 11.6. The molecule has 0 spiro atoms. The summed E-state index contributed by atoms with van der Waals surface area (Å²) in [7, 11) is 0.714. The van der Waals surface area contributed by atoms with Crippen LogP contribution in [0.15, 0.2) is 103 Å². The Morgan fingerprint density at radius 3 is 1.92 bits per heavy atom. The first kappa shape index (κ1) is 43.6. The lowest BCUT2D eigenvalue weighted by atomic mass is 10.1. The number of aryl methyl sites for hydroxylation is 2. The molecule has 1 fully saturated rings. The highest BCUT2D eigenvalue weighted by Crippen LogP contribution is 2.26. The number of fused-ring (bicyclic) bond motifs is 1. The third-order valence-electron chi connectivity index (χ3n) is 6.10. The van der Waals surface area contributed by atoms with Gasteiger partial charge in [-0.3, -0.25) is 19.2 Å². The Hall–Kier alpha value is -3.43. The van der Waals surface area contributed by atoms with Gasteiger partial charge in [0.05, 0.1) is 11.9 Å². The summed E-state index contributed by atoms with van der Waals surface area (Å²) < 4.78 is 17.8. The maximum Gasteiger partial charge on any atom is 0.466 e. The van der Waals surface area contributed by atoms with Gasteiger partial charge in [0.15, 0.2) is 0 Å².